The van der Waals surface area contributed by atoms with Gasteiger partial charge in [-0.3, -0.25) is 19.2 Å². The highest BCUT2D eigenvalue weighted by molar-refractivity contribution is 7.92. The molecule has 1 aliphatic rings. The molecule has 8 heteroatoms. The number of benzene rings is 2. The van der Waals surface area contributed by atoms with Crippen molar-refractivity contribution in [2.75, 3.05) is 16.7 Å². The van der Waals surface area contributed by atoms with Crippen LogP contribution in [-0.4, -0.2) is 27.3 Å². The monoisotopic (exact) mass is 360 g/mol. The maximum Gasteiger partial charge on any atom is 0.261 e. The third-order valence-electron chi connectivity index (χ3n) is 3.78. The van der Waals surface area contributed by atoms with Crippen LogP contribution in [0.3, 0.4) is 0 Å². The molecule has 1 heterocycles. The number of nitrogens with zero attached hydrogens (tertiary/aromatic N) is 1. The molecule has 25 heavy (non-hydrogen) atoms. The summed E-state index contributed by atoms with van der Waals surface area (Å²) in [5.74, 6) is -0.0543. The highest BCUT2D eigenvalue weighted by Crippen LogP contribution is 2.26. The Labute approximate surface area is 145 Å². The van der Waals surface area contributed by atoms with Crippen LogP contribution in [0.1, 0.15) is 12.8 Å². The third-order valence-corrected chi connectivity index (χ3v) is 5.16. The molecule has 1 saturated heterocycles. The lowest BCUT2D eigenvalue weighted by molar-refractivity contribution is -0.121. The minimum Gasteiger partial charge on any atom is -0.497 e. The molecule has 0 aliphatic carbocycles. The van der Waals surface area contributed by atoms with E-state index >= 15 is 0 Å². The van der Waals surface area contributed by atoms with E-state index in [2.05, 4.69) is 4.72 Å². The number of ether oxygens (including phenoxy) is 1. The van der Waals surface area contributed by atoms with Crippen molar-refractivity contribution in [3.63, 3.8) is 0 Å². The molecule has 2 aromatic carbocycles. The van der Waals surface area contributed by atoms with Gasteiger partial charge in [0.15, 0.2) is 0 Å². The first kappa shape index (κ1) is 17.0. The van der Waals surface area contributed by atoms with Gasteiger partial charge in [0.2, 0.25) is 11.8 Å². The van der Waals surface area contributed by atoms with Crippen LogP contribution in [0.25, 0.3) is 0 Å². The highest BCUT2D eigenvalue weighted by atomic mass is 32.2. The fourth-order valence-electron chi connectivity index (χ4n) is 2.53. The summed E-state index contributed by atoms with van der Waals surface area (Å²) in [6.07, 6.45) is 0.278. The van der Waals surface area contributed by atoms with Crippen molar-refractivity contribution in [3.8, 4) is 5.75 Å². The van der Waals surface area contributed by atoms with Crippen molar-refractivity contribution in [1.82, 2.24) is 0 Å². The Morgan fingerprint density at radius 3 is 2.24 bits per heavy atom. The molecule has 1 N–H and O–H groups in total. The summed E-state index contributed by atoms with van der Waals surface area (Å²) in [6, 6.07) is 12.2. The van der Waals surface area contributed by atoms with Crippen LogP contribution in [0.4, 0.5) is 11.4 Å². The van der Waals surface area contributed by atoms with Gasteiger partial charge in [-0.05, 0) is 42.5 Å². The average molecular weight is 360 g/mol. The van der Waals surface area contributed by atoms with E-state index in [-0.39, 0.29) is 35.2 Å². The number of amides is 2. The standard InChI is InChI=1S/C17H16N2O5S/c1-24-14-7-5-12(6-8-14)18-25(22,23)15-4-2-3-13(11-15)19-16(20)9-10-17(19)21/h2-8,11,18H,9-10H2,1H3. The second-order valence-electron chi connectivity index (χ2n) is 5.45. The maximum atomic E-state index is 12.6. The summed E-state index contributed by atoms with van der Waals surface area (Å²) in [4.78, 5) is 24.6. The van der Waals surface area contributed by atoms with Gasteiger partial charge in [0, 0.05) is 18.5 Å². The van der Waals surface area contributed by atoms with Crippen LogP contribution < -0.4 is 14.4 Å². The zero-order chi connectivity index (χ0) is 18.0. The van der Waals surface area contributed by atoms with Crippen molar-refractivity contribution in [2.45, 2.75) is 17.7 Å². The molecule has 130 valence electrons. The SMILES string of the molecule is COc1ccc(NS(=O)(=O)c2cccc(N3C(=O)CCC3=O)c2)cc1. The second kappa shape index (κ2) is 6.56. The normalized spacial score (nSPS) is 14.7. The van der Waals surface area contributed by atoms with Crippen LogP contribution in [0.15, 0.2) is 53.4 Å². The number of hydrogen-bond acceptors (Lipinski definition) is 5. The first-order valence-corrected chi connectivity index (χ1v) is 9.02. The van der Waals surface area contributed by atoms with Crippen LogP contribution in [-0.2, 0) is 19.6 Å². The van der Waals surface area contributed by atoms with Gasteiger partial charge in [0.05, 0.1) is 17.7 Å². The highest BCUT2D eigenvalue weighted by Gasteiger charge is 2.31. The quantitative estimate of drug-likeness (QED) is 0.825. The summed E-state index contributed by atoms with van der Waals surface area (Å²) < 4.78 is 32.6. The summed E-state index contributed by atoms with van der Waals surface area (Å²) in [7, 11) is -2.34. The van der Waals surface area contributed by atoms with E-state index in [0.717, 1.165) is 4.90 Å². The minimum absolute atomic E-state index is 0.0340. The second-order valence-corrected chi connectivity index (χ2v) is 7.14. The largest absolute Gasteiger partial charge is 0.497 e. The molecule has 7 nitrogen and oxygen atoms in total. The van der Waals surface area contributed by atoms with E-state index in [1.165, 1.54) is 31.4 Å². The molecule has 0 spiro atoms. The van der Waals surface area contributed by atoms with Crippen molar-refractivity contribution in [1.29, 1.82) is 0 Å². The molecule has 3 rings (SSSR count). The molecule has 2 aromatic rings. The number of anilines is 2. The molecule has 1 fully saturated rings. The van der Waals surface area contributed by atoms with E-state index in [0.29, 0.717) is 11.4 Å². The molecule has 0 saturated carbocycles. The number of rotatable bonds is 5. The number of nitrogens with one attached hydrogen (secondary N) is 1. The third kappa shape index (κ3) is 3.48. The summed E-state index contributed by atoms with van der Waals surface area (Å²) in [5, 5.41) is 0. The lowest BCUT2D eigenvalue weighted by Gasteiger charge is -2.15. The fraction of sp³-hybridized carbons (Fsp3) is 0.176. The molecule has 0 bridgehead atoms. The van der Waals surface area contributed by atoms with Gasteiger partial charge in [-0.25, -0.2) is 8.42 Å². The predicted octanol–water partition coefficient (Wildman–Crippen LogP) is 2.15. The number of sulfonamides is 1. The molecule has 0 radical (unpaired) electrons. The van der Waals surface area contributed by atoms with Gasteiger partial charge < -0.3 is 4.74 Å². The maximum absolute atomic E-state index is 12.6. The van der Waals surface area contributed by atoms with E-state index in [9.17, 15) is 18.0 Å². The van der Waals surface area contributed by atoms with E-state index in [4.69, 9.17) is 4.74 Å². The number of carbonyl (C=O) groups excluding carboxylic acids is 2. The number of methoxy groups -OCH3 is 1. The Balaban J connectivity index is 1.88. The predicted molar refractivity (Wildman–Crippen MR) is 92.0 cm³/mol. The Bertz CT molecular complexity index is 906. The molecular weight excluding hydrogens is 344 g/mol. The minimum atomic E-state index is -3.86. The Morgan fingerprint density at radius 2 is 1.64 bits per heavy atom. The Morgan fingerprint density at radius 1 is 1.00 bits per heavy atom. The molecular formula is C17H16N2O5S. The number of hydrogen-bond donors (Lipinski definition) is 1. The lowest BCUT2D eigenvalue weighted by Crippen LogP contribution is -2.28. The number of carbonyl (C=O) groups is 2. The zero-order valence-corrected chi connectivity index (χ0v) is 14.2. The first-order chi connectivity index (χ1) is 11.9. The zero-order valence-electron chi connectivity index (χ0n) is 13.4. The van der Waals surface area contributed by atoms with E-state index < -0.39 is 10.0 Å². The van der Waals surface area contributed by atoms with Crippen molar-refractivity contribution in [3.05, 3.63) is 48.5 Å². The summed E-state index contributed by atoms with van der Waals surface area (Å²) in [5.41, 5.74) is 0.629. The van der Waals surface area contributed by atoms with Gasteiger partial charge in [0.1, 0.15) is 5.75 Å². The Hall–Kier alpha value is -2.87. The first-order valence-electron chi connectivity index (χ1n) is 7.53. The van der Waals surface area contributed by atoms with Crippen LogP contribution in [0.5, 0.6) is 5.75 Å². The molecule has 2 amide bonds. The average Bonchev–Trinajstić information content (AvgIpc) is 2.94. The van der Waals surface area contributed by atoms with Gasteiger partial charge in [-0.1, -0.05) is 6.07 Å². The molecule has 0 atom stereocenters. The molecule has 0 aromatic heterocycles. The summed E-state index contributed by atoms with van der Waals surface area (Å²) >= 11 is 0. The van der Waals surface area contributed by atoms with Gasteiger partial charge in [-0.15, -0.1) is 0 Å². The van der Waals surface area contributed by atoms with Crippen molar-refractivity contribution in [2.24, 2.45) is 0 Å². The topological polar surface area (TPSA) is 92.8 Å². The molecule has 1 aliphatic heterocycles. The smallest absolute Gasteiger partial charge is 0.261 e. The van der Waals surface area contributed by atoms with Crippen LogP contribution in [0.2, 0.25) is 0 Å². The van der Waals surface area contributed by atoms with E-state index in [1.54, 1.807) is 24.3 Å². The van der Waals surface area contributed by atoms with Crippen molar-refractivity contribution >= 4 is 33.2 Å². The summed E-state index contributed by atoms with van der Waals surface area (Å²) in [6.45, 7) is 0. The van der Waals surface area contributed by atoms with Gasteiger partial charge in [-0.2, -0.15) is 0 Å². The lowest BCUT2D eigenvalue weighted by atomic mass is 10.3. The van der Waals surface area contributed by atoms with Crippen LogP contribution in [0, 0.1) is 0 Å². The Kier molecular flexibility index (Phi) is 4.45. The number of imide groups is 1. The fourth-order valence-corrected chi connectivity index (χ4v) is 3.63. The van der Waals surface area contributed by atoms with Gasteiger partial charge >= 0.3 is 0 Å². The van der Waals surface area contributed by atoms with Gasteiger partial charge in [0.25, 0.3) is 10.0 Å². The molecule has 0 unspecified atom stereocenters. The van der Waals surface area contributed by atoms with Crippen molar-refractivity contribution < 1.29 is 22.7 Å². The van der Waals surface area contributed by atoms with E-state index in [1.807, 2.05) is 0 Å². The van der Waals surface area contributed by atoms with Crippen LogP contribution >= 0.6 is 0 Å².